The molecular weight excluding hydrogens is 831 g/mol. The van der Waals surface area contributed by atoms with Gasteiger partial charge in [-0.05, 0) is 106 Å². The zero-order valence-electron chi connectivity index (χ0n) is 38.9. The maximum absolute atomic E-state index is 10.5. The van der Waals surface area contributed by atoms with Gasteiger partial charge in [0.2, 0.25) is 0 Å². The fraction of sp³-hybridized carbons (Fsp3) is 0.131. The molecule has 0 unspecified atom stereocenters. The van der Waals surface area contributed by atoms with E-state index in [-0.39, 0.29) is 10.8 Å². The molecule has 0 atom stereocenters. The van der Waals surface area contributed by atoms with Crippen molar-refractivity contribution in [3.05, 3.63) is 198 Å². The lowest BCUT2D eigenvalue weighted by Crippen LogP contribution is -2.10. The normalized spacial score (nSPS) is 11.9. The first-order valence-corrected chi connectivity index (χ1v) is 23.0. The molecule has 11 rings (SSSR count). The summed E-state index contributed by atoms with van der Waals surface area (Å²) < 4.78 is 4.58. The standard InChI is InChI=1S/C61H47N7/c1-60(2,3)42-26-30-53-47(34-42)45-20-12-14-22-51(45)67(53)55-28-24-38(36-62)32-49(55)58-64-57(39-16-8-7-9-17-39)65-59(66-58)50-33-40(44-19-11-10-18-41(44)37-63)25-29-56(50)68-52-23-15-13-21-46(52)48-35-43(61(4,5)6)27-31-54(48)68/h7-35H,1-6H3. The van der Waals surface area contributed by atoms with Crippen LogP contribution in [0.4, 0.5) is 0 Å². The molecule has 0 aliphatic heterocycles. The Balaban J connectivity index is 1.23. The van der Waals surface area contributed by atoms with Crippen LogP contribution in [0.3, 0.4) is 0 Å². The quantitative estimate of drug-likeness (QED) is 0.166. The molecule has 68 heavy (non-hydrogen) atoms. The number of hydrogen-bond acceptors (Lipinski definition) is 5. The van der Waals surface area contributed by atoms with Gasteiger partial charge in [-0.2, -0.15) is 10.5 Å². The van der Waals surface area contributed by atoms with Gasteiger partial charge in [0.05, 0.1) is 56.7 Å². The SMILES string of the molecule is CC(C)(C)c1ccc2c(c1)c1ccccc1n2-c1ccc(C#N)cc1-c1nc(-c2ccccc2)nc(-c2cc(-c3ccccc3C#N)ccc2-n2c3ccccc3c3cc(C(C)(C)C)ccc32)n1. The first-order valence-electron chi connectivity index (χ1n) is 23.0. The van der Waals surface area contributed by atoms with Crippen molar-refractivity contribution < 1.29 is 0 Å². The lowest BCUT2D eigenvalue weighted by atomic mass is 9.86. The van der Waals surface area contributed by atoms with E-state index in [9.17, 15) is 10.5 Å². The molecule has 0 saturated heterocycles. The van der Waals surface area contributed by atoms with Crippen LogP contribution in [0.5, 0.6) is 0 Å². The van der Waals surface area contributed by atoms with Gasteiger partial charge in [-0.3, -0.25) is 0 Å². The molecule has 0 N–H and O–H groups in total. The van der Waals surface area contributed by atoms with Crippen molar-refractivity contribution in [1.82, 2.24) is 24.1 Å². The fourth-order valence-electron chi connectivity index (χ4n) is 9.62. The number of benzene rings is 8. The number of hydrogen-bond donors (Lipinski definition) is 0. The summed E-state index contributed by atoms with van der Waals surface area (Å²) in [6.07, 6.45) is 0. The van der Waals surface area contributed by atoms with Crippen LogP contribution in [0, 0.1) is 22.7 Å². The molecule has 0 fully saturated rings. The van der Waals surface area contributed by atoms with Crippen LogP contribution in [-0.4, -0.2) is 24.1 Å². The second kappa shape index (κ2) is 16.0. The Bertz CT molecular complexity index is 3900. The van der Waals surface area contributed by atoms with E-state index >= 15 is 0 Å². The van der Waals surface area contributed by atoms with Crippen molar-refractivity contribution in [2.24, 2.45) is 0 Å². The molecule has 3 heterocycles. The summed E-state index contributed by atoms with van der Waals surface area (Å²) in [6, 6.07) is 65.1. The van der Waals surface area contributed by atoms with Crippen LogP contribution in [0.2, 0.25) is 0 Å². The molecule has 0 aliphatic rings. The predicted octanol–water partition coefficient (Wildman–Crippen LogP) is 15.1. The minimum atomic E-state index is -0.0518. The van der Waals surface area contributed by atoms with Crippen molar-refractivity contribution in [3.63, 3.8) is 0 Å². The highest BCUT2D eigenvalue weighted by atomic mass is 15.1. The van der Waals surface area contributed by atoms with Crippen LogP contribution in [0.15, 0.2) is 176 Å². The van der Waals surface area contributed by atoms with Crippen molar-refractivity contribution in [3.8, 4) is 68.8 Å². The molecule has 7 heteroatoms. The average molecular weight is 878 g/mol. The van der Waals surface area contributed by atoms with Crippen LogP contribution in [0.25, 0.3) is 100 Å². The van der Waals surface area contributed by atoms with E-state index in [0.717, 1.165) is 77.2 Å². The minimum absolute atomic E-state index is 0.0481. The van der Waals surface area contributed by atoms with Gasteiger partial charge < -0.3 is 9.13 Å². The van der Waals surface area contributed by atoms with Gasteiger partial charge >= 0.3 is 0 Å². The van der Waals surface area contributed by atoms with Crippen molar-refractivity contribution in [2.75, 3.05) is 0 Å². The Kier molecular flexibility index (Phi) is 9.92. The van der Waals surface area contributed by atoms with Crippen LogP contribution < -0.4 is 0 Å². The lowest BCUT2D eigenvalue weighted by Gasteiger charge is -2.20. The summed E-state index contributed by atoms with van der Waals surface area (Å²) in [7, 11) is 0. The molecule has 0 radical (unpaired) electrons. The molecule has 0 bridgehead atoms. The molecule has 7 nitrogen and oxygen atoms in total. The summed E-state index contributed by atoms with van der Waals surface area (Å²) in [5, 5.41) is 25.4. The third-order valence-corrected chi connectivity index (χ3v) is 13.2. The Labute approximate surface area is 395 Å². The number of fused-ring (bicyclic) bond motifs is 6. The Morgan fingerprint density at radius 3 is 1.43 bits per heavy atom. The highest BCUT2D eigenvalue weighted by molar-refractivity contribution is 6.11. The lowest BCUT2D eigenvalue weighted by molar-refractivity contribution is 0.591. The van der Waals surface area contributed by atoms with Crippen molar-refractivity contribution in [1.29, 1.82) is 10.5 Å². The maximum Gasteiger partial charge on any atom is 0.166 e. The second-order valence-electron chi connectivity index (χ2n) is 19.6. The molecule has 11 aromatic rings. The maximum atomic E-state index is 10.5. The fourth-order valence-corrected chi connectivity index (χ4v) is 9.62. The Morgan fingerprint density at radius 1 is 0.382 bits per heavy atom. The van der Waals surface area contributed by atoms with E-state index < -0.39 is 0 Å². The monoisotopic (exact) mass is 877 g/mol. The van der Waals surface area contributed by atoms with E-state index in [1.165, 1.54) is 11.1 Å². The highest BCUT2D eigenvalue weighted by Crippen LogP contribution is 2.42. The predicted molar refractivity (Wildman–Crippen MR) is 277 cm³/mol. The van der Waals surface area contributed by atoms with Crippen molar-refractivity contribution in [2.45, 2.75) is 52.4 Å². The number of rotatable bonds is 6. The summed E-state index contributed by atoms with van der Waals surface area (Å²) >= 11 is 0. The van der Waals surface area contributed by atoms with Gasteiger partial charge in [-0.15, -0.1) is 0 Å². The van der Waals surface area contributed by atoms with Crippen LogP contribution in [-0.2, 0) is 10.8 Å². The zero-order valence-corrected chi connectivity index (χ0v) is 38.9. The van der Waals surface area contributed by atoms with Gasteiger partial charge in [0, 0.05) is 38.2 Å². The average Bonchev–Trinajstić information content (AvgIpc) is 3.87. The summed E-state index contributed by atoms with van der Waals surface area (Å²) in [6.45, 7) is 13.4. The molecule has 0 amide bonds. The largest absolute Gasteiger partial charge is 0.309 e. The van der Waals surface area contributed by atoms with Gasteiger partial charge in [-0.1, -0.05) is 145 Å². The van der Waals surface area contributed by atoms with Gasteiger partial charge in [0.1, 0.15) is 0 Å². The molecule has 0 aliphatic carbocycles. The summed E-state index contributed by atoms with van der Waals surface area (Å²) in [5.74, 6) is 1.36. The van der Waals surface area contributed by atoms with Gasteiger partial charge in [-0.25, -0.2) is 15.0 Å². The number of nitriles is 2. The highest BCUT2D eigenvalue weighted by Gasteiger charge is 2.25. The molecule has 8 aromatic carbocycles. The zero-order chi connectivity index (χ0) is 46.9. The Morgan fingerprint density at radius 2 is 0.868 bits per heavy atom. The minimum Gasteiger partial charge on any atom is -0.309 e. The molecule has 0 saturated carbocycles. The van der Waals surface area contributed by atoms with E-state index in [0.29, 0.717) is 34.2 Å². The number of para-hydroxylation sites is 2. The van der Waals surface area contributed by atoms with Crippen LogP contribution >= 0.6 is 0 Å². The van der Waals surface area contributed by atoms with Crippen molar-refractivity contribution >= 4 is 43.6 Å². The molecule has 3 aromatic heterocycles. The number of aromatic nitrogens is 5. The first kappa shape index (κ1) is 42.0. The smallest absolute Gasteiger partial charge is 0.166 e. The van der Waals surface area contributed by atoms with Gasteiger partial charge in [0.15, 0.2) is 17.5 Å². The summed E-state index contributed by atoms with van der Waals surface area (Å²) in [4.78, 5) is 16.1. The topological polar surface area (TPSA) is 96.1 Å². The van der Waals surface area contributed by atoms with Gasteiger partial charge in [0.25, 0.3) is 0 Å². The molecule has 326 valence electrons. The third kappa shape index (κ3) is 7.08. The summed E-state index contributed by atoms with van der Waals surface area (Å²) in [5.41, 5.74) is 13.2. The van der Waals surface area contributed by atoms with E-state index in [1.54, 1.807) is 0 Å². The Hall–Kier alpha value is -8.65. The third-order valence-electron chi connectivity index (χ3n) is 13.2. The van der Waals surface area contributed by atoms with E-state index in [1.807, 2.05) is 72.8 Å². The molecule has 0 spiro atoms. The van der Waals surface area contributed by atoms with E-state index in [4.69, 9.17) is 15.0 Å². The first-order chi connectivity index (χ1) is 32.9. The van der Waals surface area contributed by atoms with E-state index in [2.05, 4.69) is 166 Å². The van der Waals surface area contributed by atoms with Crippen LogP contribution in [0.1, 0.15) is 63.8 Å². The number of nitrogens with zero attached hydrogens (tertiary/aromatic N) is 7. The molecular formula is C61H47N7. The second-order valence-corrected chi connectivity index (χ2v) is 19.6.